The van der Waals surface area contributed by atoms with Gasteiger partial charge in [0.15, 0.2) is 0 Å². The van der Waals surface area contributed by atoms with Gasteiger partial charge in [-0.15, -0.1) is 0 Å². The number of carbonyl (C=O) groups is 1. The number of hydrogen-bond acceptors (Lipinski definition) is 4. The van der Waals surface area contributed by atoms with Crippen LogP contribution in [-0.2, 0) is 11.2 Å². The molecule has 1 fully saturated rings. The van der Waals surface area contributed by atoms with Crippen LogP contribution in [-0.4, -0.2) is 26.2 Å². The van der Waals surface area contributed by atoms with Gasteiger partial charge in [0.05, 0.1) is 11.5 Å². The lowest BCUT2D eigenvalue weighted by molar-refractivity contribution is -0.155. The maximum absolute atomic E-state index is 14.3. The Labute approximate surface area is 214 Å². The number of piperidine rings is 1. The summed E-state index contributed by atoms with van der Waals surface area (Å²) in [5, 5.41) is 1.33. The van der Waals surface area contributed by atoms with Crippen LogP contribution in [0.3, 0.4) is 0 Å². The van der Waals surface area contributed by atoms with E-state index in [1.807, 2.05) is 49.4 Å². The summed E-state index contributed by atoms with van der Waals surface area (Å²) in [6.45, 7) is 6.25. The van der Waals surface area contributed by atoms with Crippen molar-refractivity contribution in [2.75, 3.05) is 0 Å². The fourth-order valence-corrected chi connectivity index (χ4v) is 6.13. The normalized spacial score (nSPS) is 23.0. The first kappa shape index (κ1) is 25.0. The van der Waals surface area contributed by atoms with Gasteiger partial charge >= 0.3 is 4.87 Å². The molecule has 0 spiro atoms. The van der Waals surface area contributed by atoms with Crippen LogP contribution < -0.4 is 4.87 Å². The van der Waals surface area contributed by atoms with Gasteiger partial charge in [-0.25, -0.2) is 0 Å². The Hall–Kier alpha value is -2.15. The molecule has 3 aromatic rings. The lowest BCUT2D eigenvalue weighted by Gasteiger charge is -2.52. The highest BCUT2D eigenvalue weighted by Crippen LogP contribution is 2.52. The van der Waals surface area contributed by atoms with E-state index >= 15 is 0 Å². The maximum Gasteiger partial charge on any atom is 0.323 e. The van der Waals surface area contributed by atoms with Crippen LogP contribution in [0.5, 0.6) is 0 Å². The number of nitrogens with one attached hydrogen (secondary N) is 1. The van der Waals surface area contributed by atoms with Crippen molar-refractivity contribution in [1.29, 1.82) is 0 Å². The zero-order valence-electron chi connectivity index (χ0n) is 19.6. The standard InChI is InChI=1S/C26H29Cl2N3O2S/c1-4-20(5-2)31-23(16-9-11-18(27)12-10-16)21(17-7-6-8-19(28)13-17)14-26(3,24(31)32)15-22-29-25(33)34-30-22/h6-13,20-21,23H,4-5,14-15H2,1-3H3,(H,29,30,33)/t21-,23-,26+/m1/s1. The number of nitrogens with zero attached hydrogens (tertiary/aromatic N) is 2. The van der Waals surface area contributed by atoms with Crippen molar-refractivity contribution >= 4 is 40.6 Å². The number of likely N-dealkylation sites (tertiary alicyclic amines) is 1. The number of hydrogen-bond donors (Lipinski definition) is 1. The number of halogens is 2. The van der Waals surface area contributed by atoms with Gasteiger partial charge in [0.2, 0.25) is 5.91 Å². The fraction of sp³-hybridized carbons (Fsp3) is 0.423. The third-order valence-corrected chi connectivity index (χ3v) is 8.04. The molecule has 34 heavy (non-hydrogen) atoms. The number of benzene rings is 2. The summed E-state index contributed by atoms with van der Waals surface area (Å²) in [5.74, 6) is 0.659. The highest BCUT2D eigenvalue weighted by Gasteiger charge is 2.51. The molecule has 1 aliphatic rings. The Morgan fingerprint density at radius 1 is 1.09 bits per heavy atom. The van der Waals surface area contributed by atoms with Crippen molar-refractivity contribution in [2.45, 2.75) is 64.5 Å². The quantitative estimate of drug-likeness (QED) is 0.382. The van der Waals surface area contributed by atoms with Gasteiger partial charge in [-0.2, -0.15) is 4.37 Å². The van der Waals surface area contributed by atoms with Crippen LogP contribution in [0.15, 0.2) is 53.3 Å². The molecule has 3 atom stereocenters. The molecule has 0 aliphatic carbocycles. The van der Waals surface area contributed by atoms with Crippen LogP contribution in [0.1, 0.15) is 68.9 Å². The number of H-pyrrole nitrogens is 1. The molecule has 1 N–H and O–H groups in total. The van der Waals surface area contributed by atoms with Crippen molar-refractivity contribution in [3.05, 3.63) is 85.2 Å². The molecular weight excluding hydrogens is 489 g/mol. The van der Waals surface area contributed by atoms with E-state index in [4.69, 9.17) is 23.2 Å². The third kappa shape index (κ3) is 4.95. The number of aromatic nitrogens is 2. The summed E-state index contributed by atoms with van der Waals surface area (Å²) >= 11 is 13.5. The van der Waals surface area contributed by atoms with Crippen LogP contribution in [0.25, 0.3) is 0 Å². The molecule has 0 radical (unpaired) electrons. The largest absolute Gasteiger partial charge is 0.332 e. The van der Waals surface area contributed by atoms with Crippen LogP contribution >= 0.6 is 34.7 Å². The van der Waals surface area contributed by atoms with E-state index in [1.54, 1.807) is 0 Å². The summed E-state index contributed by atoms with van der Waals surface area (Å²) in [7, 11) is 0. The first-order chi connectivity index (χ1) is 16.3. The van der Waals surface area contributed by atoms with Crippen LogP contribution in [0.4, 0.5) is 0 Å². The summed E-state index contributed by atoms with van der Waals surface area (Å²) in [6.07, 6.45) is 2.68. The Kier molecular flexibility index (Phi) is 7.51. The second kappa shape index (κ2) is 10.2. The minimum Gasteiger partial charge on any atom is -0.332 e. The van der Waals surface area contributed by atoms with E-state index in [2.05, 4.69) is 34.2 Å². The van der Waals surface area contributed by atoms with Crippen molar-refractivity contribution < 1.29 is 4.79 Å². The van der Waals surface area contributed by atoms with Gasteiger partial charge in [0, 0.05) is 40.0 Å². The SMILES string of the molecule is CCC(CC)N1C(=O)[C@](C)(Cc2nsc(=O)[nH]2)C[C@H](c2cccc(Cl)c2)[C@H]1c1ccc(Cl)cc1. The topological polar surface area (TPSA) is 66.1 Å². The van der Waals surface area contributed by atoms with Gasteiger partial charge in [0.1, 0.15) is 5.82 Å². The van der Waals surface area contributed by atoms with Gasteiger partial charge in [-0.3, -0.25) is 14.6 Å². The van der Waals surface area contributed by atoms with Crippen LogP contribution in [0, 0.1) is 5.41 Å². The van der Waals surface area contributed by atoms with Gasteiger partial charge in [-0.05, 0) is 54.7 Å². The lowest BCUT2D eigenvalue weighted by atomic mass is 9.66. The zero-order valence-corrected chi connectivity index (χ0v) is 21.9. The van der Waals surface area contributed by atoms with Crippen molar-refractivity contribution in [3.63, 3.8) is 0 Å². The Balaban J connectivity index is 1.88. The van der Waals surface area contributed by atoms with E-state index in [0.29, 0.717) is 28.7 Å². The maximum atomic E-state index is 14.3. The number of rotatable bonds is 7. The highest BCUT2D eigenvalue weighted by atomic mass is 35.5. The number of carbonyl (C=O) groups excluding carboxylic acids is 1. The Morgan fingerprint density at radius 3 is 2.38 bits per heavy atom. The molecule has 2 heterocycles. The minimum absolute atomic E-state index is 0.00790. The molecule has 1 amide bonds. The van der Waals surface area contributed by atoms with Gasteiger partial charge < -0.3 is 4.90 Å². The van der Waals surface area contributed by atoms with Crippen molar-refractivity contribution in [1.82, 2.24) is 14.3 Å². The number of amides is 1. The second-order valence-corrected chi connectivity index (χ2v) is 10.9. The van der Waals surface area contributed by atoms with Crippen molar-refractivity contribution in [3.8, 4) is 0 Å². The van der Waals surface area contributed by atoms with E-state index in [9.17, 15) is 9.59 Å². The van der Waals surface area contributed by atoms with E-state index in [1.165, 1.54) is 0 Å². The number of aromatic amines is 1. The van der Waals surface area contributed by atoms with E-state index < -0.39 is 5.41 Å². The summed E-state index contributed by atoms with van der Waals surface area (Å²) < 4.78 is 4.27. The molecule has 1 saturated heterocycles. The van der Waals surface area contributed by atoms with Crippen LogP contribution in [0.2, 0.25) is 10.0 Å². The Bertz CT molecular complexity index is 1210. The molecule has 0 saturated carbocycles. The summed E-state index contributed by atoms with van der Waals surface area (Å²) in [5.41, 5.74) is 1.42. The summed E-state index contributed by atoms with van der Waals surface area (Å²) in [4.78, 5) is 30.7. The Morgan fingerprint density at radius 2 is 1.79 bits per heavy atom. The van der Waals surface area contributed by atoms with Crippen molar-refractivity contribution in [2.24, 2.45) is 5.41 Å². The molecule has 0 bridgehead atoms. The highest BCUT2D eigenvalue weighted by molar-refractivity contribution is 7.02. The zero-order chi connectivity index (χ0) is 24.5. The van der Waals surface area contributed by atoms with E-state index in [-0.39, 0.29) is 28.8 Å². The smallest absolute Gasteiger partial charge is 0.323 e. The monoisotopic (exact) mass is 517 g/mol. The van der Waals surface area contributed by atoms with Gasteiger partial charge in [-0.1, -0.05) is 68.2 Å². The molecule has 1 aliphatic heterocycles. The molecule has 5 nitrogen and oxygen atoms in total. The predicted octanol–water partition coefficient (Wildman–Crippen LogP) is 6.63. The van der Waals surface area contributed by atoms with Gasteiger partial charge in [0.25, 0.3) is 0 Å². The first-order valence-electron chi connectivity index (χ1n) is 11.6. The van der Waals surface area contributed by atoms with E-state index in [0.717, 1.165) is 35.5 Å². The second-order valence-electron chi connectivity index (χ2n) is 9.32. The average Bonchev–Trinajstić information content (AvgIpc) is 3.22. The molecule has 1 aromatic heterocycles. The average molecular weight is 519 g/mol. The predicted molar refractivity (Wildman–Crippen MR) is 139 cm³/mol. The first-order valence-corrected chi connectivity index (χ1v) is 13.2. The third-order valence-electron chi connectivity index (χ3n) is 6.97. The summed E-state index contributed by atoms with van der Waals surface area (Å²) in [6, 6.07) is 15.6. The molecule has 2 aromatic carbocycles. The molecular formula is C26H29Cl2N3O2S. The minimum atomic E-state index is -0.727. The lowest BCUT2D eigenvalue weighted by Crippen LogP contribution is -2.56. The molecule has 0 unspecified atom stereocenters. The molecule has 180 valence electrons. The molecule has 4 rings (SSSR count). The fourth-order valence-electron chi connectivity index (χ4n) is 5.34. The molecule has 8 heteroatoms.